The van der Waals surface area contributed by atoms with Crippen LogP contribution in [0, 0.1) is 0 Å². The van der Waals surface area contributed by atoms with Crippen LogP contribution >= 0.6 is 23.4 Å². The summed E-state index contributed by atoms with van der Waals surface area (Å²) in [5.41, 5.74) is -0.253. The van der Waals surface area contributed by atoms with Gasteiger partial charge in [-0.3, -0.25) is 14.5 Å². The normalized spacial score (nSPS) is 17.9. The van der Waals surface area contributed by atoms with Gasteiger partial charge in [0.25, 0.3) is 5.91 Å². The number of para-hydroxylation sites is 1. The van der Waals surface area contributed by atoms with E-state index in [1.54, 1.807) is 37.3 Å². The third-order valence-electron chi connectivity index (χ3n) is 5.12. The minimum atomic E-state index is -1.34. The summed E-state index contributed by atoms with van der Waals surface area (Å²) in [5.74, 6) is -1.00. The van der Waals surface area contributed by atoms with E-state index in [-0.39, 0.29) is 0 Å². The zero-order chi connectivity index (χ0) is 22.7. The first-order valence-corrected chi connectivity index (χ1v) is 11.1. The second-order valence-electron chi connectivity index (χ2n) is 7.39. The van der Waals surface area contributed by atoms with Gasteiger partial charge in [0.05, 0.1) is 5.69 Å². The van der Waals surface area contributed by atoms with E-state index in [9.17, 15) is 14.4 Å². The van der Waals surface area contributed by atoms with Crippen molar-refractivity contribution in [2.45, 2.75) is 22.3 Å². The molecule has 4 rings (SSSR count). The summed E-state index contributed by atoms with van der Waals surface area (Å²) in [4.78, 5) is 41.2. The van der Waals surface area contributed by atoms with Crippen LogP contribution in [0.4, 0.5) is 10.5 Å². The molecule has 0 saturated carbocycles. The molecule has 0 unspecified atom stereocenters. The fourth-order valence-electron chi connectivity index (χ4n) is 3.50. The summed E-state index contributed by atoms with van der Waals surface area (Å²) in [6, 6.07) is 23.3. The van der Waals surface area contributed by atoms with E-state index < -0.39 is 29.9 Å². The maximum atomic E-state index is 13.1. The molecule has 0 spiro atoms. The molecule has 1 fully saturated rings. The molecular weight excluding hydrogens is 446 g/mol. The van der Waals surface area contributed by atoms with Crippen LogP contribution in [-0.2, 0) is 15.1 Å². The van der Waals surface area contributed by atoms with Crippen LogP contribution in [0.5, 0.6) is 0 Å². The Bertz CT molecular complexity index is 1190. The Hall–Kier alpha value is -3.29. The van der Waals surface area contributed by atoms with Crippen LogP contribution in [0.2, 0.25) is 5.02 Å². The summed E-state index contributed by atoms with van der Waals surface area (Å²) < 4.78 is 0. The maximum Gasteiger partial charge on any atom is 0.325 e. The van der Waals surface area contributed by atoms with E-state index in [0.717, 1.165) is 14.7 Å². The van der Waals surface area contributed by atoms with Gasteiger partial charge in [-0.1, -0.05) is 71.9 Å². The number of rotatable bonds is 6. The van der Waals surface area contributed by atoms with Crippen LogP contribution < -0.4 is 10.6 Å². The number of nitrogens with one attached hydrogen (secondary N) is 2. The molecular formula is C24H20ClN3O3S. The number of benzene rings is 3. The van der Waals surface area contributed by atoms with Gasteiger partial charge in [-0.15, -0.1) is 0 Å². The van der Waals surface area contributed by atoms with E-state index in [0.29, 0.717) is 16.3 Å². The van der Waals surface area contributed by atoms with Gasteiger partial charge in [-0.05, 0) is 37.3 Å². The van der Waals surface area contributed by atoms with E-state index in [1.165, 1.54) is 11.8 Å². The summed E-state index contributed by atoms with van der Waals surface area (Å²) in [6.07, 6.45) is 0. The first kappa shape index (κ1) is 21.9. The Labute approximate surface area is 194 Å². The fourth-order valence-corrected chi connectivity index (χ4v) is 4.75. The summed E-state index contributed by atoms with van der Waals surface area (Å²) in [5, 5.41) is 5.85. The average molecular weight is 466 g/mol. The highest BCUT2D eigenvalue weighted by atomic mass is 35.5. The molecule has 1 atom stereocenters. The van der Waals surface area contributed by atoms with Crippen LogP contribution in [0.25, 0.3) is 0 Å². The number of carbonyl (C=O) groups excluding carboxylic acids is 3. The number of nitrogens with zero attached hydrogens (tertiary/aromatic N) is 1. The highest BCUT2D eigenvalue weighted by molar-refractivity contribution is 7.99. The molecule has 1 aliphatic heterocycles. The largest absolute Gasteiger partial charge is 0.325 e. The van der Waals surface area contributed by atoms with Crippen molar-refractivity contribution in [1.29, 1.82) is 0 Å². The number of imide groups is 1. The van der Waals surface area contributed by atoms with Gasteiger partial charge < -0.3 is 10.6 Å². The van der Waals surface area contributed by atoms with Crippen LogP contribution in [0.15, 0.2) is 88.7 Å². The first-order valence-electron chi connectivity index (χ1n) is 9.89. The predicted octanol–water partition coefficient (Wildman–Crippen LogP) is 4.90. The first-order chi connectivity index (χ1) is 15.4. The van der Waals surface area contributed by atoms with E-state index in [1.807, 2.05) is 48.5 Å². The zero-order valence-electron chi connectivity index (χ0n) is 17.2. The summed E-state index contributed by atoms with van der Waals surface area (Å²) in [7, 11) is 0. The molecule has 2 N–H and O–H groups in total. The number of urea groups is 1. The quantitative estimate of drug-likeness (QED) is 0.508. The lowest BCUT2D eigenvalue weighted by molar-refractivity contribution is -0.133. The van der Waals surface area contributed by atoms with Crippen molar-refractivity contribution in [3.8, 4) is 0 Å². The van der Waals surface area contributed by atoms with Crippen molar-refractivity contribution < 1.29 is 14.4 Å². The number of anilines is 1. The van der Waals surface area contributed by atoms with Gasteiger partial charge in [0.15, 0.2) is 0 Å². The standard InChI is InChI=1S/C24H20ClN3O3S/c1-24(17-11-5-6-12-18(17)25)22(30)28(23(31)27-24)15-21(29)26-19-13-7-8-14-20(19)32-16-9-3-2-4-10-16/h2-14H,15H2,1H3,(H,26,29)(H,27,31)/t24-/m0/s1. The second kappa shape index (κ2) is 9.06. The van der Waals surface area contributed by atoms with Crippen molar-refractivity contribution in [1.82, 2.24) is 10.2 Å². The van der Waals surface area contributed by atoms with Gasteiger partial charge in [0, 0.05) is 20.4 Å². The number of hydrogen-bond donors (Lipinski definition) is 2. The zero-order valence-corrected chi connectivity index (χ0v) is 18.7. The van der Waals surface area contributed by atoms with Gasteiger partial charge in [-0.2, -0.15) is 0 Å². The fraction of sp³-hybridized carbons (Fsp3) is 0.125. The molecule has 0 aromatic heterocycles. The lowest BCUT2D eigenvalue weighted by atomic mass is 9.92. The lowest BCUT2D eigenvalue weighted by Crippen LogP contribution is -2.42. The molecule has 1 heterocycles. The van der Waals surface area contributed by atoms with Crippen molar-refractivity contribution in [2.24, 2.45) is 0 Å². The Morgan fingerprint density at radius 2 is 1.66 bits per heavy atom. The molecule has 3 aromatic rings. The third-order valence-corrected chi connectivity index (χ3v) is 6.53. The minimum absolute atomic E-state index is 0.363. The molecule has 3 aromatic carbocycles. The summed E-state index contributed by atoms with van der Waals surface area (Å²) in [6.45, 7) is 1.17. The smallest absolute Gasteiger partial charge is 0.323 e. The number of amides is 4. The molecule has 1 saturated heterocycles. The van der Waals surface area contributed by atoms with Gasteiger partial charge in [0.2, 0.25) is 5.91 Å². The Morgan fingerprint density at radius 1 is 1.00 bits per heavy atom. The molecule has 32 heavy (non-hydrogen) atoms. The highest BCUT2D eigenvalue weighted by Crippen LogP contribution is 2.35. The Balaban J connectivity index is 1.49. The lowest BCUT2D eigenvalue weighted by Gasteiger charge is -2.23. The number of hydrogen-bond acceptors (Lipinski definition) is 4. The van der Waals surface area contributed by atoms with Crippen LogP contribution in [-0.4, -0.2) is 29.3 Å². The molecule has 0 radical (unpaired) electrons. The second-order valence-corrected chi connectivity index (χ2v) is 8.91. The van der Waals surface area contributed by atoms with E-state index in [2.05, 4.69) is 10.6 Å². The van der Waals surface area contributed by atoms with Crippen LogP contribution in [0.3, 0.4) is 0 Å². The third kappa shape index (κ3) is 4.35. The Morgan fingerprint density at radius 3 is 2.41 bits per heavy atom. The Kier molecular flexibility index (Phi) is 6.21. The van der Waals surface area contributed by atoms with Crippen molar-refractivity contribution >= 4 is 46.9 Å². The SMILES string of the molecule is C[C@@]1(c2ccccc2Cl)NC(=O)N(CC(=O)Nc2ccccc2Sc2ccccc2)C1=O. The molecule has 8 heteroatoms. The van der Waals surface area contributed by atoms with Crippen molar-refractivity contribution in [2.75, 3.05) is 11.9 Å². The number of halogens is 1. The molecule has 0 aliphatic carbocycles. The maximum absolute atomic E-state index is 13.1. The molecule has 4 amide bonds. The van der Waals surface area contributed by atoms with E-state index in [4.69, 9.17) is 11.6 Å². The van der Waals surface area contributed by atoms with E-state index >= 15 is 0 Å². The van der Waals surface area contributed by atoms with Crippen molar-refractivity contribution in [3.63, 3.8) is 0 Å². The van der Waals surface area contributed by atoms with Gasteiger partial charge in [0.1, 0.15) is 12.1 Å². The molecule has 162 valence electrons. The highest BCUT2D eigenvalue weighted by Gasteiger charge is 2.50. The topological polar surface area (TPSA) is 78.5 Å². The van der Waals surface area contributed by atoms with Crippen LogP contribution in [0.1, 0.15) is 12.5 Å². The van der Waals surface area contributed by atoms with Crippen molar-refractivity contribution in [3.05, 3.63) is 89.4 Å². The van der Waals surface area contributed by atoms with Gasteiger partial charge >= 0.3 is 6.03 Å². The molecule has 6 nitrogen and oxygen atoms in total. The number of carbonyl (C=O) groups is 3. The minimum Gasteiger partial charge on any atom is -0.323 e. The average Bonchev–Trinajstić information content (AvgIpc) is 3.00. The van der Waals surface area contributed by atoms with Gasteiger partial charge in [-0.25, -0.2) is 4.79 Å². The molecule has 1 aliphatic rings. The monoisotopic (exact) mass is 465 g/mol. The summed E-state index contributed by atoms with van der Waals surface area (Å²) >= 11 is 7.76. The molecule has 0 bridgehead atoms. The predicted molar refractivity (Wildman–Crippen MR) is 125 cm³/mol.